The second-order valence-electron chi connectivity index (χ2n) is 4.12. The smallest absolute Gasteiger partial charge is 0.128 e. The van der Waals surface area contributed by atoms with Crippen LogP contribution in [0.5, 0.6) is 0 Å². The number of hydrogen-bond donors (Lipinski definition) is 2. The van der Waals surface area contributed by atoms with Crippen molar-refractivity contribution in [1.82, 2.24) is 0 Å². The number of nitrogens with one attached hydrogen (secondary N) is 1. The van der Waals surface area contributed by atoms with Crippen molar-refractivity contribution in [3.05, 3.63) is 52.3 Å². The van der Waals surface area contributed by atoms with E-state index in [4.69, 9.17) is 22.6 Å². The van der Waals surface area contributed by atoms with E-state index >= 15 is 0 Å². The summed E-state index contributed by atoms with van der Waals surface area (Å²) in [6.45, 7) is 1.64. The number of nitrogens with two attached hydrogens (primary N) is 1. The third-order valence-electron chi connectivity index (χ3n) is 2.70. The number of benzene rings is 2. The number of nitrogen functional groups attached to an aromatic ring is 1. The fraction of sp³-hybridized carbons (Fsp3) is 0.0714. The Bertz CT molecular complexity index is 677. The Morgan fingerprint density at radius 2 is 2.00 bits per heavy atom. The molecule has 0 saturated carbocycles. The van der Waals surface area contributed by atoms with Gasteiger partial charge in [0.15, 0.2) is 0 Å². The van der Waals surface area contributed by atoms with Crippen molar-refractivity contribution in [2.45, 2.75) is 6.92 Å². The Balaban J connectivity index is 2.45. The summed E-state index contributed by atoms with van der Waals surface area (Å²) in [5.74, 6) is -0.366. The molecule has 96 valence electrons. The highest BCUT2D eigenvalue weighted by Crippen LogP contribution is 2.29. The minimum Gasteiger partial charge on any atom is -0.397 e. The molecule has 0 fully saturated rings. The summed E-state index contributed by atoms with van der Waals surface area (Å²) < 4.78 is 13.3. The van der Waals surface area contributed by atoms with Gasteiger partial charge in [-0.05, 0) is 42.8 Å². The molecule has 3 nitrogen and oxygen atoms in total. The predicted octanol–water partition coefficient (Wildman–Crippen LogP) is 3.99. The van der Waals surface area contributed by atoms with Gasteiger partial charge in [0.1, 0.15) is 11.9 Å². The first-order valence-electron chi connectivity index (χ1n) is 5.53. The number of hydrogen-bond acceptors (Lipinski definition) is 3. The highest BCUT2D eigenvalue weighted by atomic mass is 35.5. The van der Waals surface area contributed by atoms with Gasteiger partial charge in [-0.25, -0.2) is 4.39 Å². The molecule has 0 amide bonds. The first-order chi connectivity index (χ1) is 9.01. The van der Waals surface area contributed by atoms with Gasteiger partial charge in [0.25, 0.3) is 0 Å². The molecule has 2 rings (SSSR count). The van der Waals surface area contributed by atoms with Crippen LogP contribution >= 0.6 is 11.6 Å². The third kappa shape index (κ3) is 2.78. The van der Waals surface area contributed by atoms with Crippen LogP contribution in [0.15, 0.2) is 30.3 Å². The Morgan fingerprint density at radius 3 is 2.68 bits per heavy atom. The van der Waals surface area contributed by atoms with Gasteiger partial charge in [0.05, 0.1) is 22.6 Å². The average molecular weight is 276 g/mol. The molecule has 2 aromatic rings. The molecular weight excluding hydrogens is 265 g/mol. The maximum atomic E-state index is 13.3. The number of halogens is 2. The van der Waals surface area contributed by atoms with Gasteiger partial charge < -0.3 is 11.1 Å². The summed E-state index contributed by atoms with van der Waals surface area (Å²) in [6, 6.07) is 9.75. The predicted molar refractivity (Wildman–Crippen MR) is 75.0 cm³/mol. The lowest BCUT2D eigenvalue weighted by atomic mass is 10.1. The van der Waals surface area contributed by atoms with Crippen LogP contribution in [-0.4, -0.2) is 0 Å². The van der Waals surface area contributed by atoms with Crippen LogP contribution in [0.2, 0.25) is 5.02 Å². The second-order valence-corrected chi connectivity index (χ2v) is 4.55. The zero-order valence-electron chi connectivity index (χ0n) is 10.2. The second kappa shape index (κ2) is 5.17. The zero-order valence-corrected chi connectivity index (χ0v) is 10.9. The monoisotopic (exact) mass is 275 g/mol. The normalized spacial score (nSPS) is 10.0. The Labute approximate surface area is 115 Å². The first-order valence-corrected chi connectivity index (χ1v) is 5.91. The molecule has 0 aliphatic carbocycles. The fourth-order valence-corrected chi connectivity index (χ4v) is 1.84. The van der Waals surface area contributed by atoms with Crippen molar-refractivity contribution in [3.63, 3.8) is 0 Å². The maximum Gasteiger partial charge on any atom is 0.128 e. The van der Waals surface area contributed by atoms with E-state index in [0.29, 0.717) is 27.5 Å². The molecular formula is C14H11ClFN3. The van der Waals surface area contributed by atoms with Crippen LogP contribution in [0.25, 0.3) is 0 Å². The van der Waals surface area contributed by atoms with Crippen molar-refractivity contribution in [1.29, 1.82) is 5.26 Å². The van der Waals surface area contributed by atoms with E-state index in [1.54, 1.807) is 31.2 Å². The highest BCUT2D eigenvalue weighted by molar-refractivity contribution is 6.30. The van der Waals surface area contributed by atoms with Crippen molar-refractivity contribution in [3.8, 4) is 6.07 Å². The van der Waals surface area contributed by atoms with Crippen LogP contribution in [0.4, 0.5) is 21.5 Å². The molecule has 0 unspecified atom stereocenters. The summed E-state index contributed by atoms with van der Waals surface area (Å²) in [5.41, 5.74) is 8.00. The summed E-state index contributed by atoms with van der Waals surface area (Å²) in [6.07, 6.45) is 0. The molecule has 0 bridgehead atoms. The molecule has 0 aliphatic rings. The number of nitriles is 1. The van der Waals surface area contributed by atoms with E-state index in [-0.39, 0.29) is 11.5 Å². The molecule has 0 aromatic heterocycles. The molecule has 0 saturated heterocycles. The van der Waals surface area contributed by atoms with E-state index in [0.717, 1.165) is 0 Å². The van der Waals surface area contributed by atoms with Gasteiger partial charge in [0, 0.05) is 5.02 Å². The van der Waals surface area contributed by atoms with E-state index in [1.165, 1.54) is 6.07 Å². The summed E-state index contributed by atoms with van der Waals surface area (Å²) in [4.78, 5) is 0. The molecule has 0 atom stereocenters. The standard InChI is InChI=1S/C14H11ClFN3/c1-8-4-14(12(18)6-11(8)16)19-13-5-10(15)3-2-9(13)7-17/h2-6,19H,18H2,1H3. The number of rotatable bonds is 2. The van der Waals surface area contributed by atoms with Gasteiger partial charge >= 0.3 is 0 Å². The third-order valence-corrected chi connectivity index (χ3v) is 2.94. The van der Waals surface area contributed by atoms with Crippen LogP contribution in [0.1, 0.15) is 11.1 Å². The largest absolute Gasteiger partial charge is 0.397 e. The number of nitrogens with zero attached hydrogens (tertiary/aromatic N) is 1. The molecule has 0 spiro atoms. The molecule has 0 radical (unpaired) electrons. The molecule has 19 heavy (non-hydrogen) atoms. The van der Waals surface area contributed by atoms with Gasteiger partial charge in [-0.3, -0.25) is 0 Å². The van der Waals surface area contributed by atoms with E-state index < -0.39 is 0 Å². The van der Waals surface area contributed by atoms with Crippen molar-refractivity contribution in [2.75, 3.05) is 11.1 Å². The lowest BCUT2D eigenvalue weighted by Gasteiger charge is -2.12. The fourth-order valence-electron chi connectivity index (χ4n) is 1.67. The Hall–Kier alpha value is -2.25. The highest BCUT2D eigenvalue weighted by Gasteiger charge is 2.08. The van der Waals surface area contributed by atoms with Crippen LogP contribution < -0.4 is 11.1 Å². The van der Waals surface area contributed by atoms with Crippen LogP contribution in [-0.2, 0) is 0 Å². The van der Waals surface area contributed by atoms with E-state index in [1.807, 2.05) is 0 Å². The zero-order chi connectivity index (χ0) is 14.0. The number of aryl methyl sites for hydroxylation is 1. The lowest BCUT2D eigenvalue weighted by Crippen LogP contribution is -2.00. The number of anilines is 3. The SMILES string of the molecule is Cc1cc(Nc2cc(Cl)ccc2C#N)c(N)cc1F. The minimum atomic E-state index is -0.366. The summed E-state index contributed by atoms with van der Waals surface area (Å²) >= 11 is 5.90. The van der Waals surface area contributed by atoms with Crippen LogP contribution in [0.3, 0.4) is 0 Å². The molecule has 2 aromatic carbocycles. The van der Waals surface area contributed by atoms with Gasteiger partial charge in [-0.2, -0.15) is 5.26 Å². The van der Waals surface area contributed by atoms with Crippen molar-refractivity contribution < 1.29 is 4.39 Å². The molecule has 0 heterocycles. The van der Waals surface area contributed by atoms with Crippen molar-refractivity contribution in [2.24, 2.45) is 0 Å². The van der Waals surface area contributed by atoms with E-state index in [9.17, 15) is 4.39 Å². The first kappa shape index (κ1) is 13.2. The summed E-state index contributed by atoms with van der Waals surface area (Å²) in [5, 5.41) is 12.5. The lowest BCUT2D eigenvalue weighted by molar-refractivity contribution is 0.619. The Kier molecular flexibility index (Phi) is 3.59. The maximum absolute atomic E-state index is 13.3. The molecule has 5 heteroatoms. The molecule has 0 aliphatic heterocycles. The average Bonchev–Trinajstić information content (AvgIpc) is 2.36. The Morgan fingerprint density at radius 1 is 1.26 bits per heavy atom. The summed E-state index contributed by atoms with van der Waals surface area (Å²) in [7, 11) is 0. The van der Waals surface area contributed by atoms with Crippen LogP contribution in [0, 0.1) is 24.1 Å². The van der Waals surface area contributed by atoms with Gasteiger partial charge in [-0.15, -0.1) is 0 Å². The minimum absolute atomic E-state index is 0.270. The van der Waals surface area contributed by atoms with Crippen molar-refractivity contribution >= 4 is 28.7 Å². The van der Waals surface area contributed by atoms with Gasteiger partial charge in [-0.1, -0.05) is 11.6 Å². The quantitative estimate of drug-likeness (QED) is 0.815. The van der Waals surface area contributed by atoms with Gasteiger partial charge in [0.2, 0.25) is 0 Å². The molecule has 3 N–H and O–H groups in total. The topological polar surface area (TPSA) is 61.8 Å². The van der Waals surface area contributed by atoms with E-state index in [2.05, 4.69) is 11.4 Å².